The molecule has 2 aromatic carbocycles. The van der Waals surface area contributed by atoms with E-state index >= 15 is 0 Å². The average Bonchev–Trinajstić information content (AvgIpc) is 2.69. The van der Waals surface area contributed by atoms with Gasteiger partial charge < -0.3 is 15.6 Å². The van der Waals surface area contributed by atoms with E-state index in [4.69, 9.17) is 25.8 Å². The predicted molar refractivity (Wildman–Crippen MR) is 119 cm³/mol. The minimum atomic E-state index is -0.140. The van der Waals surface area contributed by atoms with Gasteiger partial charge in [-0.2, -0.15) is 0 Å². The van der Waals surface area contributed by atoms with Crippen molar-refractivity contribution in [2.45, 2.75) is 52.7 Å². The van der Waals surface area contributed by atoms with Crippen LogP contribution in [0, 0.1) is 0 Å². The van der Waals surface area contributed by atoms with Crippen LogP contribution in [-0.4, -0.2) is 24.8 Å². The Morgan fingerprint density at radius 1 is 1.07 bits per heavy atom. The third-order valence-electron chi connectivity index (χ3n) is 4.44. The predicted octanol–water partition coefficient (Wildman–Crippen LogP) is 2.96. The van der Waals surface area contributed by atoms with Crippen LogP contribution in [0.2, 0.25) is 5.02 Å². The summed E-state index contributed by atoms with van der Waals surface area (Å²) in [6.07, 6.45) is 1.92. The van der Waals surface area contributed by atoms with Gasteiger partial charge in [-0.15, -0.1) is 0 Å². The van der Waals surface area contributed by atoms with Gasteiger partial charge in [0.2, 0.25) is 0 Å². The van der Waals surface area contributed by atoms with Gasteiger partial charge in [0, 0.05) is 11.4 Å². The topological polar surface area (TPSA) is 44.8 Å². The molecular formula is C22H29ClLiO4P. The summed E-state index contributed by atoms with van der Waals surface area (Å²) in [7, 11) is 1.39. The molecule has 2 rings (SSSR count). The fraction of sp³-hybridized carbons (Fsp3) is 0.409. The van der Waals surface area contributed by atoms with E-state index in [2.05, 4.69) is 13.8 Å². The fourth-order valence-electron chi connectivity index (χ4n) is 2.47. The van der Waals surface area contributed by atoms with Crippen LogP contribution in [0.4, 0.5) is 0 Å². The maximum absolute atomic E-state index is 13.0. The number of rotatable bonds is 10. The molecule has 0 N–H and O–H groups in total. The SMILES string of the molecule is CCC(C)Oc1ccc(PC(=O)c2c(Cl)cccc2OC)c(OC(C)CC)c1.[H-].[Li+]. The Labute approximate surface area is 194 Å². The third-order valence-corrected chi connectivity index (χ3v) is 5.91. The summed E-state index contributed by atoms with van der Waals surface area (Å²) < 4.78 is 17.3. The summed E-state index contributed by atoms with van der Waals surface area (Å²) in [5.41, 5.74) is 0.312. The first kappa shape index (κ1) is 25.9. The largest absolute Gasteiger partial charge is 1.00 e. The van der Waals surface area contributed by atoms with E-state index in [1.165, 1.54) is 7.11 Å². The number of hydrogen-bond acceptors (Lipinski definition) is 4. The smallest absolute Gasteiger partial charge is 1.00 e. The molecule has 0 aliphatic heterocycles. The first-order valence-electron chi connectivity index (χ1n) is 9.50. The maximum Gasteiger partial charge on any atom is 1.00 e. The second-order valence-corrected chi connectivity index (χ2v) is 8.25. The summed E-state index contributed by atoms with van der Waals surface area (Å²) in [5.74, 6) is 1.89. The first-order chi connectivity index (χ1) is 13.4. The molecule has 2 aromatic rings. The van der Waals surface area contributed by atoms with E-state index in [-0.39, 0.29) is 46.6 Å². The number of carbonyl (C=O) groups excluding carboxylic acids is 1. The second kappa shape index (κ2) is 12.5. The summed E-state index contributed by atoms with van der Waals surface area (Å²) in [5, 5.41) is 1.21. The zero-order valence-corrected chi connectivity index (χ0v) is 19.8. The summed E-state index contributed by atoms with van der Waals surface area (Å²) in [4.78, 5) is 13.0. The first-order valence-corrected chi connectivity index (χ1v) is 10.9. The van der Waals surface area contributed by atoms with Gasteiger partial charge >= 0.3 is 18.9 Å². The number of halogens is 1. The normalized spacial score (nSPS) is 12.9. The summed E-state index contributed by atoms with van der Waals surface area (Å²) >= 11 is 6.27. The molecule has 154 valence electrons. The molecule has 4 nitrogen and oxygen atoms in total. The summed E-state index contributed by atoms with van der Waals surface area (Å²) in [6, 6.07) is 10.9. The van der Waals surface area contributed by atoms with E-state index in [9.17, 15) is 4.79 Å². The maximum atomic E-state index is 13.0. The van der Waals surface area contributed by atoms with Crippen molar-refractivity contribution in [3.05, 3.63) is 47.0 Å². The van der Waals surface area contributed by atoms with E-state index in [0.29, 0.717) is 22.1 Å². The number of ether oxygens (including phenoxy) is 3. The van der Waals surface area contributed by atoms with Crippen LogP contribution in [0.15, 0.2) is 36.4 Å². The molecule has 7 heteroatoms. The van der Waals surface area contributed by atoms with Gasteiger partial charge in [-0.25, -0.2) is 0 Å². The molecule has 0 fully saturated rings. The van der Waals surface area contributed by atoms with Gasteiger partial charge in [-0.1, -0.05) is 31.5 Å². The van der Waals surface area contributed by atoms with Crippen molar-refractivity contribution in [3.63, 3.8) is 0 Å². The molecule has 0 aromatic heterocycles. The van der Waals surface area contributed by atoms with E-state index in [1.807, 2.05) is 32.0 Å². The molecule has 0 bridgehead atoms. The number of methoxy groups -OCH3 is 1. The average molecular weight is 431 g/mol. The van der Waals surface area contributed by atoms with Crippen LogP contribution in [0.3, 0.4) is 0 Å². The Balaban J connectivity index is 0.00000420. The minimum Gasteiger partial charge on any atom is -1.00 e. The van der Waals surface area contributed by atoms with Crippen molar-refractivity contribution < 1.29 is 39.3 Å². The van der Waals surface area contributed by atoms with E-state index in [1.54, 1.807) is 18.2 Å². The van der Waals surface area contributed by atoms with E-state index in [0.717, 1.165) is 23.9 Å². The Morgan fingerprint density at radius 3 is 2.34 bits per heavy atom. The van der Waals surface area contributed by atoms with Crippen LogP contribution in [0.25, 0.3) is 0 Å². The molecule has 3 atom stereocenters. The molecular weight excluding hydrogens is 402 g/mol. The number of benzene rings is 2. The van der Waals surface area contributed by atoms with Crippen molar-refractivity contribution in [2.75, 3.05) is 7.11 Å². The Bertz CT molecular complexity index is 822. The van der Waals surface area contributed by atoms with Gasteiger partial charge in [0.15, 0.2) is 5.52 Å². The van der Waals surface area contributed by atoms with Crippen LogP contribution in [0.5, 0.6) is 17.2 Å². The van der Waals surface area contributed by atoms with Crippen LogP contribution in [0.1, 0.15) is 52.3 Å². The zero-order valence-electron chi connectivity index (χ0n) is 19.0. The van der Waals surface area contributed by atoms with Crippen molar-refractivity contribution in [3.8, 4) is 17.2 Å². The second-order valence-electron chi connectivity index (χ2n) is 6.60. The monoisotopic (exact) mass is 430 g/mol. The Morgan fingerprint density at radius 2 is 1.72 bits per heavy atom. The number of carbonyl (C=O) groups is 1. The standard InChI is InChI=1S/C22H28ClO4P.Li.H/c1-6-14(3)26-16-11-12-20(19(13-16)27-15(4)7-2)28-22(24)21-17(23)9-8-10-18(21)25-5;;/h8-15,28H,6-7H2,1-5H3;;/q;+1;-1. The Kier molecular flexibility index (Phi) is 11.2. The number of hydrogen-bond donors (Lipinski definition) is 0. The van der Waals surface area contributed by atoms with Gasteiger partial charge in [0.05, 0.1) is 29.9 Å². The molecule has 0 spiro atoms. The molecule has 0 aliphatic carbocycles. The molecule has 29 heavy (non-hydrogen) atoms. The minimum absolute atomic E-state index is 0. The molecule has 0 heterocycles. The van der Waals surface area contributed by atoms with Crippen LogP contribution in [-0.2, 0) is 0 Å². The molecule has 0 saturated heterocycles. The molecule has 0 aliphatic rings. The van der Waals surface area contributed by atoms with Gasteiger partial charge in [-0.05, 0) is 59.5 Å². The molecule has 0 saturated carbocycles. The van der Waals surface area contributed by atoms with Crippen molar-refractivity contribution >= 4 is 31.0 Å². The van der Waals surface area contributed by atoms with Gasteiger partial charge in [-0.3, -0.25) is 4.79 Å². The van der Waals surface area contributed by atoms with Crippen LogP contribution >= 0.6 is 20.2 Å². The van der Waals surface area contributed by atoms with Gasteiger partial charge in [0.25, 0.3) is 0 Å². The Hall–Kier alpha value is -1.17. The van der Waals surface area contributed by atoms with Crippen molar-refractivity contribution in [1.82, 2.24) is 0 Å². The molecule has 0 radical (unpaired) electrons. The zero-order chi connectivity index (χ0) is 20.7. The van der Waals surface area contributed by atoms with Crippen LogP contribution < -0.4 is 38.4 Å². The molecule has 3 unspecified atom stereocenters. The third kappa shape index (κ3) is 7.23. The summed E-state index contributed by atoms with van der Waals surface area (Å²) in [6.45, 7) is 8.17. The quantitative estimate of drug-likeness (QED) is 0.429. The van der Waals surface area contributed by atoms with Crippen molar-refractivity contribution in [2.24, 2.45) is 0 Å². The van der Waals surface area contributed by atoms with Crippen molar-refractivity contribution in [1.29, 1.82) is 0 Å². The van der Waals surface area contributed by atoms with E-state index < -0.39 is 0 Å². The van der Waals surface area contributed by atoms with Gasteiger partial charge in [0.1, 0.15) is 17.2 Å². The molecule has 0 amide bonds. The fourth-order valence-corrected chi connectivity index (χ4v) is 3.85.